The highest BCUT2D eigenvalue weighted by Gasteiger charge is 2.43. The minimum atomic E-state index is -3.46. The van der Waals surface area contributed by atoms with Gasteiger partial charge in [-0.2, -0.15) is 4.31 Å². The fourth-order valence-corrected chi connectivity index (χ4v) is 4.26. The van der Waals surface area contributed by atoms with Crippen molar-refractivity contribution in [3.63, 3.8) is 0 Å². The van der Waals surface area contributed by atoms with Crippen molar-refractivity contribution in [3.05, 3.63) is 0 Å². The maximum Gasteiger partial charge on any atom is 0.247 e. The number of likely N-dealkylation sites (N-methyl/N-ethyl adjacent to an activating group) is 1. The van der Waals surface area contributed by atoms with Crippen LogP contribution < -0.4 is 0 Å². The average molecular weight is 326 g/mol. The van der Waals surface area contributed by atoms with Crippen molar-refractivity contribution < 1.29 is 18.0 Å². The molecule has 6 nitrogen and oxygen atoms in total. The average Bonchev–Trinajstić information content (AvgIpc) is 2.48. The van der Waals surface area contributed by atoms with Crippen molar-refractivity contribution in [1.29, 1.82) is 0 Å². The van der Waals surface area contributed by atoms with Crippen LogP contribution in [0.4, 0.5) is 0 Å². The Morgan fingerprint density at radius 2 is 1.77 bits per heavy atom. The highest BCUT2D eigenvalue weighted by atomic mass is 32.2. The molecular formula is C14H23BN2O4S. The van der Waals surface area contributed by atoms with E-state index in [-0.39, 0.29) is 42.3 Å². The molecular weight excluding hydrogens is 303 g/mol. The van der Waals surface area contributed by atoms with Crippen LogP contribution in [0.2, 0.25) is 5.82 Å². The SMILES string of the molecule is [B]C1CCC(N2C(=O)CCC(N(C)S(=O)(=O)CC)C2=O)CC1. The summed E-state index contributed by atoms with van der Waals surface area (Å²) in [6, 6.07) is -0.904. The van der Waals surface area contributed by atoms with Gasteiger partial charge < -0.3 is 0 Å². The third-order valence-corrected chi connectivity index (χ3v) is 6.63. The van der Waals surface area contributed by atoms with Crippen LogP contribution in [-0.4, -0.2) is 62.2 Å². The summed E-state index contributed by atoms with van der Waals surface area (Å²) in [7, 11) is 3.84. The molecule has 0 aromatic carbocycles. The number of piperidine rings is 1. The molecule has 2 amide bonds. The summed E-state index contributed by atoms with van der Waals surface area (Å²) >= 11 is 0. The minimum absolute atomic E-state index is 0.0560. The summed E-state index contributed by atoms with van der Waals surface area (Å²) in [6.07, 6.45) is 3.45. The second kappa shape index (κ2) is 6.70. The lowest BCUT2D eigenvalue weighted by atomic mass is 9.73. The van der Waals surface area contributed by atoms with Gasteiger partial charge in [-0.05, 0) is 26.2 Å². The molecule has 122 valence electrons. The highest BCUT2D eigenvalue weighted by Crippen LogP contribution is 2.32. The molecule has 8 heteroatoms. The maximum absolute atomic E-state index is 12.7. The molecule has 1 atom stereocenters. The first kappa shape index (κ1) is 17.5. The van der Waals surface area contributed by atoms with Crippen LogP contribution in [0.1, 0.15) is 45.4 Å². The van der Waals surface area contributed by atoms with E-state index in [1.165, 1.54) is 11.9 Å². The van der Waals surface area contributed by atoms with Crippen molar-refractivity contribution in [3.8, 4) is 0 Å². The third-order valence-electron chi connectivity index (χ3n) is 4.77. The number of nitrogens with zero attached hydrogens (tertiary/aromatic N) is 2. The number of rotatable bonds is 4. The molecule has 1 saturated carbocycles. The quantitative estimate of drug-likeness (QED) is 0.563. The Balaban J connectivity index is 2.17. The number of carbonyl (C=O) groups is 2. The van der Waals surface area contributed by atoms with Crippen LogP contribution in [0.15, 0.2) is 0 Å². The van der Waals surface area contributed by atoms with Gasteiger partial charge in [0.15, 0.2) is 0 Å². The van der Waals surface area contributed by atoms with Gasteiger partial charge in [-0.25, -0.2) is 8.42 Å². The van der Waals surface area contributed by atoms with Crippen molar-refractivity contribution in [2.75, 3.05) is 12.8 Å². The molecule has 2 aliphatic rings. The highest BCUT2D eigenvalue weighted by molar-refractivity contribution is 7.89. The fraction of sp³-hybridized carbons (Fsp3) is 0.857. The molecule has 22 heavy (non-hydrogen) atoms. The third kappa shape index (κ3) is 3.37. The van der Waals surface area contributed by atoms with E-state index in [0.717, 1.165) is 17.1 Å². The van der Waals surface area contributed by atoms with Crippen molar-refractivity contribution in [1.82, 2.24) is 9.21 Å². The van der Waals surface area contributed by atoms with Crippen LogP contribution in [0.3, 0.4) is 0 Å². The van der Waals surface area contributed by atoms with Crippen molar-refractivity contribution >= 4 is 29.7 Å². The van der Waals surface area contributed by atoms with Gasteiger partial charge in [-0.15, -0.1) is 0 Å². The summed E-state index contributed by atoms with van der Waals surface area (Å²) in [6.45, 7) is 1.55. The van der Waals surface area contributed by atoms with Gasteiger partial charge in [0.25, 0.3) is 0 Å². The monoisotopic (exact) mass is 326 g/mol. The summed E-state index contributed by atoms with van der Waals surface area (Å²) in [5.41, 5.74) is 0. The van der Waals surface area contributed by atoms with Gasteiger partial charge in [0, 0.05) is 19.5 Å². The first-order valence-electron chi connectivity index (χ1n) is 7.85. The molecule has 1 aliphatic carbocycles. The van der Waals surface area contributed by atoms with E-state index in [2.05, 4.69) is 0 Å². The number of carbonyl (C=O) groups excluding carboxylic acids is 2. The molecule has 2 radical (unpaired) electrons. The minimum Gasteiger partial charge on any atom is -0.278 e. The van der Waals surface area contributed by atoms with Gasteiger partial charge in [-0.1, -0.05) is 18.7 Å². The second-order valence-electron chi connectivity index (χ2n) is 6.14. The molecule has 1 saturated heterocycles. The van der Waals surface area contributed by atoms with Gasteiger partial charge in [-0.3, -0.25) is 14.5 Å². The summed E-state index contributed by atoms with van der Waals surface area (Å²) in [5, 5.41) is 0. The summed E-state index contributed by atoms with van der Waals surface area (Å²) in [4.78, 5) is 26.2. The Morgan fingerprint density at radius 1 is 1.18 bits per heavy atom. The molecule has 0 bridgehead atoms. The molecule has 2 fully saturated rings. The van der Waals surface area contributed by atoms with Gasteiger partial charge in [0.05, 0.1) is 13.6 Å². The molecule has 0 aromatic rings. The molecule has 1 heterocycles. The number of hydrogen-bond donors (Lipinski definition) is 0. The van der Waals surface area contributed by atoms with Crippen molar-refractivity contribution in [2.24, 2.45) is 0 Å². The normalized spacial score (nSPS) is 30.9. The van der Waals surface area contributed by atoms with Crippen LogP contribution >= 0.6 is 0 Å². The topological polar surface area (TPSA) is 74.8 Å². The van der Waals surface area contributed by atoms with Crippen LogP contribution in [0.5, 0.6) is 0 Å². The van der Waals surface area contributed by atoms with E-state index in [0.29, 0.717) is 12.8 Å². The zero-order chi connectivity index (χ0) is 16.5. The van der Waals surface area contributed by atoms with Gasteiger partial charge in [0.1, 0.15) is 6.04 Å². The molecule has 0 aromatic heterocycles. The second-order valence-corrected chi connectivity index (χ2v) is 8.46. The van der Waals surface area contributed by atoms with Crippen LogP contribution in [0.25, 0.3) is 0 Å². The van der Waals surface area contributed by atoms with E-state index in [1.54, 1.807) is 6.92 Å². The number of amides is 2. The predicted molar refractivity (Wildman–Crippen MR) is 83.9 cm³/mol. The lowest BCUT2D eigenvalue weighted by molar-refractivity contribution is -0.155. The fourth-order valence-electron chi connectivity index (χ4n) is 3.27. The van der Waals surface area contributed by atoms with Gasteiger partial charge in [0.2, 0.25) is 21.8 Å². The molecule has 2 rings (SSSR count). The zero-order valence-corrected chi connectivity index (χ0v) is 14.0. The van der Waals surface area contributed by atoms with E-state index < -0.39 is 16.1 Å². The number of imide groups is 1. The zero-order valence-electron chi connectivity index (χ0n) is 13.2. The largest absolute Gasteiger partial charge is 0.278 e. The number of hydrogen-bond acceptors (Lipinski definition) is 4. The number of likely N-dealkylation sites (tertiary alicyclic amines) is 1. The Morgan fingerprint density at radius 3 is 2.32 bits per heavy atom. The van der Waals surface area contributed by atoms with E-state index >= 15 is 0 Å². The Labute approximate surface area is 133 Å². The molecule has 0 spiro atoms. The standard InChI is InChI=1S/C14H23BN2O4S/c1-3-22(20,21)16(2)12-8-9-13(18)17(14(12)19)11-6-4-10(15)5-7-11/h10-12H,3-9H2,1-2H3. The Bertz CT molecular complexity index is 543. The van der Waals surface area contributed by atoms with E-state index in [9.17, 15) is 18.0 Å². The molecule has 1 unspecified atom stereocenters. The molecule has 1 aliphatic heterocycles. The van der Waals surface area contributed by atoms with Gasteiger partial charge >= 0.3 is 0 Å². The van der Waals surface area contributed by atoms with E-state index in [4.69, 9.17) is 7.85 Å². The maximum atomic E-state index is 12.7. The lowest BCUT2D eigenvalue weighted by Crippen LogP contribution is -2.58. The Hall–Kier alpha value is -0.885. The smallest absolute Gasteiger partial charge is 0.247 e. The first-order chi connectivity index (χ1) is 10.3. The summed E-state index contributed by atoms with van der Waals surface area (Å²) < 4.78 is 25.1. The van der Waals surface area contributed by atoms with Crippen LogP contribution in [-0.2, 0) is 19.6 Å². The first-order valence-corrected chi connectivity index (χ1v) is 9.46. The Kier molecular flexibility index (Phi) is 5.32. The van der Waals surface area contributed by atoms with Crippen LogP contribution in [0, 0.1) is 0 Å². The molecule has 0 N–H and O–H groups in total. The number of sulfonamides is 1. The lowest BCUT2D eigenvalue weighted by Gasteiger charge is -2.41. The van der Waals surface area contributed by atoms with Crippen molar-refractivity contribution in [2.45, 2.75) is 63.3 Å². The van der Waals surface area contributed by atoms with E-state index in [1.807, 2.05) is 0 Å². The summed E-state index contributed by atoms with van der Waals surface area (Å²) in [5.74, 6) is -0.495. The predicted octanol–water partition coefficient (Wildman–Crippen LogP) is 0.685.